The molecular formula is C15H26N2S. The summed E-state index contributed by atoms with van der Waals surface area (Å²) in [5, 5.41) is 4.90. The first-order valence-corrected chi connectivity index (χ1v) is 8.05. The summed E-state index contributed by atoms with van der Waals surface area (Å²) in [7, 11) is 0. The maximum absolute atomic E-state index is 4.52. The van der Waals surface area contributed by atoms with Gasteiger partial charge in [0.1, 0.15) is 0 Å². The number of nitrogens with zero attached hydrogens (tertiary/aromatic N) is 1. The van der Waals surface area contributed by atoms with Crippen molar-refractivity contribution in [2.24, 2.45) is 11.8 Å². The lowest BCUT2D eigenvalue weighted by Crippen LogP contribution is -2.28. The highest BCUT2D eigenvalue weighted by Gasteiger charge is 2.20. The molecule has 0 saturated heterocycles. The number of hydrogen-bond acceptors (Lipinski definition) is 3. The van der Waals surface area contributed by atoms with Crippen LogP contribution in [0.25, 0.3) is 0 Å². The maximum Gasteiger partial charge on any atom is 0.0900 e. The van der Waals surface area contributed by atoms with Gasteiger partial charge in [-0.25, -0.2) is 4.98 Å². The zero-order chi connectivity index (χ0) is 13.1. The van der Waals surface area contributed by atoms with Gasteiger partial charge in [0.05, 0.1) is 10.7 Å². The van der Waals surface area contributed by atoms with Gasteiger partial charge in [-0.3, -0.25) is 0 Å². The molecule has 2 nitrogen and oxygen atoms in total. The summed E-state index contributed by atoms with van der Waals surface area (Å²) >= 11 is 1.84. The normalized spacial score (nSPS) is 26.2. The largest absolute Gasteiger partial charge is 0.309 e. The molecule has 3 heteroatoms. The Hall–Kier alpha value is -0.410. The van der Waals surface area contributed by atoms with Crippen LogP contribution in [0, 0.1) is 25.7 Å². The molecule has 1 heterocycles. The van der Waals surface area contributed by atoms with E-state index in [2.05, 4.69) is 38.0 Å². The summed E-state index contributed by atoms with van der Waals surface area (Å²) in [6.07, 6.45) is 5.66. The minimum absolute atomic E-state index is 0.452. The van der Waals surface area contributed by atoms with E-state index in [1.807, 2.05) is 11.3 Å². The molecule has 0 aromatic carbocycles. The molecule has 0 bridgehead atoms. The van der Waals surface area contributed by atoms with Crippen LogP contribution in [0.15, 0.2) is 0 Å². The van der Waals surface area contributed by atoms with E-state index in [9.17, 15) is 0 Å². The molecule has 1 fully saturated rings. The SMILES string of the molecule is Cc1nc(C)c(C(C)NCC2CCCC(C)C2)s1. The quantitative estimate of drug-likeness (QED) is 0.882. The standard InChI is InChI=1S/C15H26N2S/c1-10-6-5-7-14(8-10)9-16-11(2)15-12(3)17-13(4)18-15/h10-11,14,16H,5-9H2,1-4H3. The molecule has 1 aromatic heterocycles. The molecule has 0 spiro atoms. The van der Waals surface area contributed by atoms with E-state index < -0.39 is 0 Å². The smallest absolute Gasteiger partial charge is 0.0900 e. The fourth-order valence-corrected chi connectivity index (χ4v) is 4.08. The molecule has 0 radical (unpaired) electrons. The zero-order valence-corrected chi connectivity index (χ0v) is 12.9. The summed E-state index contributed by atoms with van der Waals surface area (Å²) in [4.78, 5) is 5.93. The highest BCUT2D eigenvalue weighted by molar-refractivity contribution is 7.11. The molecule has 1 saturated carbocycles. The van der Waals surface area contributed by atoms with Crippen LogP contribution in [0.3, 0.4) is 0 Å². The number of thiazole rings is 1. The van der Waals surface area contributed by atoms with Crippen LogP contribution >= 0.6 is 11.3 Å². The Bertz CT molecular complexity index is 386. The van der Waals surface area contributed by atoms with Crippen molar-refractivity contribution >= 4 is 11.3 Å². The van der Waals surface area contributed by atoms with E-state index in [4.69, 9.17) is 0 Å². The highest BCUT2D eigenvalue weighted by Crippen LogP contribution is 2.29. The Kier molecular flexibility index (Phi) is 4.79. The number of hydrogen-bond donors (Lipinski definition) is 1. The molecule has 18 heavy (non-hydrogen) atoms. The lowest BCUT2D eigenvalue weighted by Gasteiger charge is -2.28. The molecule has 1 aromatic rings. The maximum atomic E-state index is 4.52. The molecule has 102 valence electrons. The van der Waals surface area contributed by atoms with Crippen LogP contribution in [0.1, 0.15) is 61.2 Å². The predicted molar refractivity (Wildman–Crippen MR) is 79.1 cm³/mol. The minimum Gasteiger partial charge on any atom is -0.309 e. The van der Waals surface area contributed by atoms with Crippen molar-refractivity contribution in [1.29, 1.82) is 0 Å². The Balaban J connectivity index is 1.84. The summed E-state index contributed by atoms with van der Waals surface area (Å²) in [6.45, 7) is 10.1. The van der Waals surface area contributed by atoms with Gasteiger partial charge in [-0.15, -0.1) is 11.3 Å². The first-order valence-electron chi connectivity index (χ1n) is 7.23. The van der Waals surface area contributed by atoms with Gasteiger partial charge in [-0.05, 0) is 52.0 Å². The third-order valence-electron chi connectivity index (χ3n) is 4.09. The van der Waals surface area contributed by atoms with E-state index in [-0.39, 0.29) is 0 Å². The second-order valence-electron chi connectivity index (χ2n) is 5.95. The lowest BCUT2D eigenvalue weighted by molar-refractivity contribution is 0.269. The number of aromatic nitrogens is 1. The summed E-state index contributed by atoms with van der Waals surface area (Å²) < 4.78 is 0. The highest BCUT2D eigenvalue weighted by atomic mass is 32.1. The fraction of sp³-hybridized carbons (Fsp3) is 0.800. The van der Waals surface area contributed by atoms with Crippen LogP contribution in [0.4, 0.5) is 0 Å². The molecule has 0 amide bonds. The Morgan fingerprint density at radius 2 is 2.17 bits per heavy atom. The summed E-state index contributed by atoms with van der Waals surface area (Å²) in [5.41, 5.74) is 1.20. The third-order valence-corrected chi connectivity index (χ3v) is 5.35. The second kappa shape index (κ2) is 6.16. The lowest BCUT2D eigenvalue weighted by atomic mass is 9.82. The second-order valence-corrected chi connectivity index (χ2v) is 7.19. The average molecular weight is 266 g/mol. The van der Waals surface area contributed by atoms with E-state index in [0.717, 1.165) is 11.8 Å². The van der Waals surface area contributed by atoms with Crippen molar-refractivity contribution < 1.29 is 0 Å². The van der Waals surface area contributed by atoms with Gasteiger partial charge in [0.25, 0.3) is 0 Å². The Morgan fingerprint density at radius 1 is 1.39 bits per heavy atom. The molecule has 3 unspecified atom stereocenters. The topological polar surface area (TPSA) is 24.9 Å². The first-order chi connectivity index (χ1) is 8.56. The molecule has 2 rings (SSSR count). The molecule has 1 aliphatic carbocycles. The van der Waals surface area contributed by atoms with E-state index in [1.165, 1.54) is 47.8 Å². The number of nitrogens with one attached hydrogen (secondary N) is 1. The van der Waals surface area contributed by atoms with Crippen LogP contribution in [-0.4, -0.2) is 11.5 Å². The number of aryl methyl sites for hydroxylation is 2. The molecule has 3 atom stereocenters. The van der Waals surface area contributed by atoms with Crippen molar-refractivity contribution in [3.05, 3.63) is 15.6 Å². The number of rotatable bonds is 4. The van der Waals surface area contributed by atoms with Crippen molar-refractivity contribution in [2.75, 3.05) is 6.54 Å². The first kappa shape index (κ1) is 14.0. The van der Waals surface area contributed by atoms with Crippen LogP contribution in [0.5, 0.6) is 0 Å². The fourth-order valence-electron chi connectivity index (χ4n) is 3.13. The molecule has 0 aliphatic heterocycles. The van der Waals surface area contributed by atoms with Gasteiger partial charge in [-0.1, -0.05) is 19.8 Å². The van der Waals surface area contributed by atoms with E-state index >= 15 is 0 Å². The van der Waals surface area contributed by atoms with Gasteiger partial charge in [0.2, 0.25) is 0 Å². The van der Waals surface area contributed by atoms with Crippen molar-refractivity contribution in [3.63, 3.8) is 0 Å². The van der Waals surface area contributed by atoms with E-state index in [0.29, 0.717) is 6.04 Å². The minimum atomic E-state index is 0.452. The average Bonchev–Trinajstić information content (AvgIpc) is 2.66. The van der Waals surface area contributed by atoms with Gasteiger partial charge in [0, 0.05) is 10.9 Å². The molecule has 1 N–H and O–H groups in total. The Morgan fingerprint density at radius 3 is 2.78 bits per heavy atom. The van der Waals surface area contributed by atoms with Crippen LogP contribution < -0.4 is 5.32 Å². The van der Waals surface area contributed by atoms with Crippen molar-refractivity contribution in [2.45, 2.75) is 59.4 Å². The summed E-state index contributed by atoms with van der Waals surface area (Å²) in [6, 6.07) is 0.452. The molecule has 1 aliphatic rings. The van der Waals surface area contributed by atoms with Crippen molar-refractivity contribution in [1.82, 2.24) is 10.3 Å². The third kappa shape index (κ3) is 3.55. The van der Waals surface area contributed by atoms with Crippen LogP contribution in [0.2, 0.25) is 0 Å². The summed E-state index contributed by atoms with van der Waals surface area (Å²) in [5.74, 6) is 1.80. The van der Waals surface area contributed by atoms with Gasteiger partial charge in [-0.2, -0.15) is 0 Å². The van der Waals surface area contributed by atoms with E-state index in [1.54, 1.807) is 0 Å². The van der Waals surface area contributed by atoms with Gasteiger partial charge < -0.3 is 5.32 Å². The van der Waals surface area contributed by atoms with Crippen LogP contribution in [-0.2, 0) is 0 Å². The van der Waals surface area contributed by atoms with Gasteiger partial charge >= 0.3 is 0 Å². The van der Waals surface area contributed by atoms with Gasteiger partial charge in [0.15, 0.2) is 0 Å². The van der Waals surface area contributed by atoms with Crippen molar-refractivity contribution in [3.8, 4) is 0 Å². The Labute approximate surface area is 115 Å². The molecular weight excluding hydrogens is 240 g/mol. The predicted octanol–water partition coefficient (Wildman–Crippen LogP) is 4.24. The monoisotopic (exact) mass is 266 g/mol. The zero-order valence-electron chi connectivity index (χ0n) is 12.1.